The Balaban J connectivity index is 2.03. The SMILES string of the molecule is CC(C)NCc1cnc(Oc2ccc(Cl)cc2Cl)cn1. The fraction of sp³-hybridized carbons (Fsp3) is 0.286. The lowest BCUT2D eigenvalue weighted by atomic mass is 10.3. The molecule has 0 saturated heterocycles. The highest BCUT2D eigenvalue weighted by Gasteiger charge is 2.05. The molecule has 106 valence electrons. The molecule has 6 heteroatoms. The summed E-state index contributed by atoms with van der Waals surface area (Å²) in [4.78, 5) is 8.47. The van der Waals surface area contributed by atoms with Crippen molar-refractivity contribution in [3.63, 3.8) is 0 Å². The molecule has 0 aliphatic heterocycles. The van der Waals surface area contributed by atoms with E-state index >= 15 is 0 Å². The minimum atomic E-state index is 0.391. The molecular formula is C14H15Cl2N3O. The quantitative estimate of drug-likeness (QED) is 0.904. The molecule has 0 radical (unpaired) electrons. The summed E-state index contributed by atoms with van der Waals surface area (Å²) in [6.45, 7) is 4.83. The van der Waals surface area contributed by atoms with Gasteiger partial charge in [0.05, 0.1) is 23.1 Å². The highest BCUT2D eigenvalue weighted by molar-refractivity contribution is 6.35. The van der Waals surface area contributed by atoms with Gasteiger partial charge < -0.3 is 10.1 Å². The maximum absolute atomic E-state index is 6.03. The van der Waals surface area contributed by atoms with Crippen LogP contribution < -0.4 is 10.1 Å². The van der Waals surface area contributed by atoms with E-state index in [-0.39, 0.29) is 0 Å². The number of rotatable bonds is 5. The summed E-state index contributed by atoms with van der Waals surface area (Å²) in [5.41, 5.74) is 0.855. The van der Waals surface area contributed by atoms with Gasteiger partial charge in [-0.1, -0.05) is 37.0 Å². The molecule has 0 fully saturated rings. The number of hydrogen-bond acceptors (Lipinski definition) is 4. The van der Waals surface area contributed by atoms with Gasteiger partial charge in [0.1, 0.15) is 5.75 Å². The zero-order chi connectivity index (χ0) is 14.5. The van der Waals surface area contributed by atoms with Crippen LogP contribution in [0.1, 0.15) is 19.5 Å². The fourth-order valence-electron chi connectivity index (χ4n) is 1.47. The van der Waals surface area contributed by atoms with Gasteiger partial charge in [0.2, 0.25) is 5.88 Å². The largest absolute Gasteiger partial charge is 0.436 e. The van der Waals surface area contributed by atoms with Gasteiger partial charge in [0.25, 0.3) is 0 Å². The predicted octanol–water partition coefficient (Wildman–Crippen LogP) is 4.07. The molecule has 0 unspecified atom stereocenters. The van der Waals surface area contributed by atoms with Crippen molar-refractivity contribution in [2.45, 2.75) is 26.4 Å². The Bertz CT molecular complexity index is 573. The van der Waals surface area contributed by atoms with Crippen LogP contribution in [0.5, 0.6) is 11.6 Å². The molecule has 2 rings (SSSR count). The third-order valence-electron chi connectivity index (χ3n) is 2.48. The molecule has 4 nitrogen and oxygen atoms in total. The summed E-state index contributed by atoms with van der Waals surface area (Å²) < 4.78 is 5.56. The third kappa shape index (κ3) is 4.34. The van der Waals surface area contributed by atoms with Crippen LogP contribution >= 0.6 is 23.2 Å². The van der Waals surface area contributed by atoms with Crippen molar-refractivity contribution in [3.8, 4) is 11.6 Å². The van der Waals surface area contributed by atoms with E-state index in [0.29, 0.717) is 34.3 Å². The number of halogens is 2. The van der Waals surface area contributed by atoms with Crippen molar-refractivity contribution < 1.29 is 4.74 Å². The second kappa shape index (κ2) is 6.88. The van der Waals surface area contributed by atoms with Crippen LogP contribution in [0.4, 0.5) is 0 Å². The molecule has 0 atom stereocenters. The molecule has 1 aromatic heterocycles. The fourth-order valence-corrected chi connectivity index (χ4v) is 1.91. The smallest absolute Gasteiger partial charge is 0.237 e. The van der Waals surface area contributed by atoms with Gasteiger partial charge in [-0.15, -0.1) is 0 Å². The molecule has 0 saturated carbocycles. The Hall–Kier alpha value is -1.36. The molecule has 2 aromatic rings. The summed E-state index contributed by atoms with van der Waals surface area (Å²) >= 11 is 11.9. The summed E-state index contributed by atoms with van der Waals surface area (Å²) in [5.74, 6) is 0.890. The predicted molar refractivity (Wildman–Crippen MR) is 80.5 cm³/mol. The average Bonchev–Trinajstić information content (AvgIpc) is 2.41. The van der Waals surface area contributed by atoms with Gasteiger partial charge in [-0.2, -0.15) is 0 Å². The molecule has 0 amide bonds. The molecule has 1 N–H and O–H groups in total. The summed E-state index contributed by atoms with van der Waals surface area (Å²) in [6, 6.07) is 5.42. The highest BCUT2D eigenvalue weighted by atomic mass is 35.5. The van der Waals surface area contributed by atoms with Crippen LogP contribution in [-0.2, 0) is 6.54 Å². The second-order valence-corrected chi connectivity index (χ2v) is 5.40. The molecule has 1 heterocycles. The normalized spacial score (nSPS) is 10.8. The summed E-state index contributed by atoms with van der Waals surface area (Å²) in [5, 5.41) is 4.26. The standard InChI is InChI=1S/C14H15Cl2N3O/c1-9(2)17-6-11-7-19-14(8-18-11)20-13-4-3-10(15)5-12(13)16/h3-5,7-9,17H,6H2,1-2H3. The topological polar surface area (TPSA) is 47.0 Å². The summed E-state index contributed by atoms with van der Waals surface area (Å²) in [7, 11) is 0. The van der Waals surface area contributed by atoms with Crippen molar-refractivity contribution >= 4 is 23.2 Å². The first-order valence-corrected chi connectivity index (χ1v) is 6.97. The van der Waals surface area contributed by atoms with Gasteiger partial charge in [0.15, 0.2) is 0 Å². The molecule has 0 aliphatic rings. The monoisotopic (exact) mass is 311 g/mol. The maximum Gasteiger partial charge on any atom is 0.237 e. The number of benzene rings is 1. The Morgan fingerprint density at radius 1 is 1.20 bits per heavy atom. The first-order valence-electron chi connectivity index (χ1n) is 6.22. The molecule has 0 aliphatic carbocycles. The van der Waals surface area contributed by atoms with E-state index in [4.69, 9.17) is 27.9 Å². The van der Waals surface area contributed by atoms with E-state index in [1.54, 1.807) is 30.6 Å². The Kier molecular flexibility index (Phi) is 5.17. The van der Waals surface area contributed by atoms with Crippen molar-refractivity contribution in [2.24, 2.45) is 0 Å². The third-order valence-corrected chi connectivity index (χ3v) is 3.01. The number of hydrogen-bond donors (Lipinski definition) is 1. The van der Waals surface area contributed by atoms with Crippen LogP contribution in [-0.4, -0.2) is 16.0 Å². The van der Waals surface area contributed by atoms with Crippen LogP contribution in [0.15, 0.2) is 30.6 Å². The first kappa shape index (κ1) is 15.0. The lowest BCUT2D eigenvalue weighted by Gasteiger charge is -2.09. The number of ether oxygens (including phenoxy) is 1. The Morgan fingerprint density at radius 3 is 2.60 bits per heavy atom. The van der Waals surface area contributed by atoms with Gasteiger partial charge in [-0.3, -0.25) is 4.98 Å². The lowest BCUT2D eigenvalue weighted by Crippen LogP contribution is -2.22. The van der Waals surface area contributed by atoms with Crippen LogP contribution in [0.25, 0.3) is 0 Å². The Morgan fingerprint density at radius 2 is 2.00 bits per heavy atom. The highest BCUT2D eigenvalue weighted by Crippen LogP contribution is 2.30. The van der Waals surface area contributed by atoms with Gasteiger partial charge >= 0.3 is 0 Å². The van der Waals surface area contributed by atoms with Gasteiger partial charge in [-0.25, -0.2) is 4.98 Å². The van der Waals surface area contributed by atoms with Crippen molar-refractivity contribution in [1.29, 1.82) is 0 Å². The van der Waals surface area contributed by atoms with Crippen molar-refractivity contribution in [1.82, 2.24) is 15.3 Å². The molecular weight excluding hydrogens is 297 g/mol. The van der Waals surface area contributed by atoms with Crippen LogP contribution in [0, 0.1) is 0 Å². The number of nitrogens with zero attached hydrogens (tertiary/aromatic N) is 2. The number of aromatic nitrogens is 2. The van der Waals surface area contributed by atoms with Crippen molar-refractivity contribution in [2.75, 3.05) is 0 Å². The maximum atomic E-state index is 6.03. The van der Waals surface area contributed by atoms with E-state index in [2.05, 4.69) is 29.1 Å². The van der Waals surface area contributed by atoms with Gasteiger partial charge in [-0.05, 0) is 18.2 Å². The van der Waals surface area contributed by atoms with E-state index in [1.807, 2.05) is 0 Å². The Labute approximate surface area is 128 Å². The van der Waals surface area contributed by atoms with Crippen LogP contribution in [0.2, 0.25) is 10.0 Å². The minimum Gasteiger partial charge on any atom is -0.436 e. The van der Waals surface area contributed by atoms with Crippen LogP contribution in [0.3, 0.4) is 0 Å². The van der Waals surface area contributed by atoms with Gasteiger partial charge in [0, 0.05) is 17.6 Å². The summed E-state index contributed by atoms with van der Waals surface area (Å²) in [6.07, 6.45) is 3.25. The first-order chi connectivity index (χ1) is 9.54. The average molecular weight is 312 g/mol. The number of nitrogens with one attached hydrogen (secondary N) is 1. The van der Waals surface area contributed by atoms with E-state index in [1.165, 1.54) is 0 Å². The molecule has 20 heavy (non-hydrogen) atoms. The van der Waals surface area contributed by atoms with E-state index < -0.39 is 0 Å². The second-order valence-electron chi connectivity index (χ2n) is 4.56. The molecule has 1 aromatic carbocycles. The van der Waals surface area contributed by atoms with E-state index in [9.17, 15) is 0 Å². The lowest BCUT2D eigenvalue weighted by molar-refractivity contribution is 0.458. The molecule has 0 spiro atoms. The molecule has 0 bridgehead atoms. The van der Waals surface area contributed by atoms with Crippen molar-refractivity contribution in [3.05, 3.63) is 46.3 Å². The minimum absolute atomic E-state index is 0.391. The van der Waals surface area contributed by atoms with E-state index in [0.717, 1.165) is 5.69 Å². The zero-order valence-electron chi connectivity index (χ0n) is 11.2. The zero-order valence-corrected chi connectivity index (χ0v) is 12.7.